The lowest BCUT2D eigenvalue weighted by Gasteiger charge is -1.82. The van der Waals surface area contributed by atoms with Crippen LogP contribution in [0.2, 0.25) is 0 Å². The maximum absolute atomic E-state index is 2.14. The summed E-state index contributed by atoms with van der Waals surface area (Å²) in [5, 5.41) is 0. The molecule has 1 aliphatic rings. The second-order valence-corrected chi connectivity index (χ2v) is 2.95. The van der Waals surface area contributed by atoms with Crippen molar-refractivity contribution in [2.45, 2.75) is 12.8 Å². The lowest BCUT2D eigenvalue weighted by molar-refractivity contribution is 1.37. The van der Waals surface area contributed by atoms with Crippen LogP contribution in [0.1, 0.15) is 12.8 Å². The van der Waals surface area contributed by atoms with Gasteiger partial charge in [0.15, 0.2) is 0 Å². The van der Waals surface area contributed by atoms with Crippen molar-refractivity contribution in [3.63, 3.8) is 0 Å². The summed E-state index contributed by atoms with van der Waals surface area (Å²) in [6.07, 6.45) is 27.0. The van der Waals surface area contributed by atoms with Gasteiger partial charge in [-0.2, -0.15) is 0 Å². The predicted molar refractivity (Wildman–Crippen MR) is 64.1 cm³/mol. The Hall–Kier alpha value is -1.56. The van der Waals surface area contributed by atoms with Gasteiger partial charge in [-0.1, -0.05) is 72.9 Å². The molecule has 0 atom stereocenters. The summed E-state index contributed by atoms with van der Waals surface area (Å²) in [6, 6.07) is 0. The number of allylic oxidation sites excluding steroid dienone is 12. The zero-order valence-corrected chi connectivity index (χ0v) is 8.34. The number of hydrogen-bond acceptors (Lipinski definition) is 0. The zero-order valence-electron chi connectivity index (χ0n) is 8.34. The Morgan fingerprint density at radius 3 is 1.07 bits per heavy atom. The molecule has 0 unspecified atom stereocenters. The number of rotatable bonds is 0. The van der Waals surface area contributed by atoms with E-state index in [2.05, 4.69) is 48.6 Å². The van der Waals surface area contributed by atoms with Crippen LogP contribution in [-0.4, -0.2) is 0 Å². The molecule has 0 aliphatic heterocycles. The molecule has 0 aromatic carbocycles. The van der Waals surface area contributed by atoms with Gasteiger partial charge in [0, 0.05) is 0 Å². The van der Waals surface area contributed by atoms with E-state index in [1.165, 1.54) is 0 Å². The molecule has 1 rings (SSSR count). The molecule has 0 fully saturated rings. The highest BCUT2D eigenvalue weighted by molar-refractivity contribution is 5.17. The molecule has 0 aromatic heterocycles. The lowest BCUT2D eigenvalue weighted by atomic mass is 10.3. The average molecular weight is 184 g/mol. The Balaban J connectivity index is 2.55. The monoisotopic (exact) mass is 184 g/mol. The van der Waals surface area contributed by atoms with Crippen LogP contribution >= 0.6 is 0 Å². The van der Waals surface area contributed by atoms with E-state index in [9.17, 15) is 0 Å². The van der Waals surface area contributed by atoms with Gasteiger partial charge in [-0.15, -0.1) is 0 Å². The predicted octanol–water partition coefficient (Wildman–Crippen LogP) is 4.12. The minimum Gasteiger partial charge on any atom is -0.0808 e. The van der Waals surface area contributed by atoms with Crippen LogP contribution < -0.4 is 0 Å². The van der Waals surface area contributed by atoms with E-state index in [0.29, 0.717) is 0 Å². The second-order valence-electron chi connectivity index (χ2n) is 2.95. The van der Waals surface area contributed by atoms with Crippen LogP contribution in [0.3, 0.4) is 0 Å². The molecule has 0 saturated heterocycles. The van der Waals surface area contributed by atoms with Crippen LogP contribution in [0.4, 0.5) is 0 Å². The summed E-state index contributed by atoms with van der Waals surface area (Å²) in [4.78, 5) is 0. The third kappa shape index (κ3) is 6.01. The van der Waals surface area contributed by atoms with Crippen molar-refractivity contribution < 1.29 is 0 Å². The Bertz CT molecular complexity index is 264. The summed E-state index contributed by atoms with van der Waals surface area (Å²) in [6.45, 7) is 0. The van der Waals surface area contributed by atoms with Crippen molar-refractivity contribution in [2.24, 2.45) is 0 Å². The van der Waals surface area contributed by atoms with Gasteiger partial charge in [-0.05, 0) is 12.8 Å². The van der Waals surface area contributed by atoms with Gasteiger partial charge in [-0.3, -0.25) is 0 Å². The van der Waals surface area contributed by atoms with Crippen molar-refractivity contribution in [3.8, 4) is 0 Å². The molecule has 0 bridgehead atoms. The maximum atomic E-state index is 2.14. The minimum atomic E-state index is 0.994. The van der Waals surface area contributed by atoms with E-state index in [1.54, 1.807) is 0 Å². The van der Waals surface area contributed by atoms with Crippen LogP contribution in [-0.2, 0) is 0 Å². The number of hydrogen-bond donors (Lipinski definition) is 0. The van der Waals surface area contributed by atoms with Crippen LogP contribution in [0.25, 0.3) is 0 Å². The summed E-state index contributed by atoms with van der Waals surface area (Å²) in [5.41, 5.74) is 0. The molecule has 0 aromatic rings. The quantitative estimate of drug-likeness (QED) is 0.531. The molecular formula is C14H16. The van der Waals surface area contributed by atoms with Crippen molar-refractivity contribution >= 4 is 0 Å². The van der Waals surface area contributed by atoms with Gasteiger partial charge in [0.25, 0.3) is 0 Å². The van der Waals surface area contributed by atoms with Crippen LogP contribution in [0.5, 0.6) is 0 Å². The minimum absolute atomic E-state index is 0.994. The molecule has 1 aliphatic carbocycles. The molecule has 0 N–H and O–H groups in total. The van der Waals surface area contributed by atoms with Crippen LogP contribution in [0, 0.1) is 0 Å². The Morgan fingerprint density at radius 1 is 0.357 bits per heavy atom. The first kappa shape index (κ1) is 10.5. The fourth-order valence-electron chi connectivity index (χ4n) is 1.04. The molecule has 0 nitrogen and oxygen atoms in total. The fourth-order valence-corrected chi connectivity index (χ4v) is 1.04. The first-order valence-electron chi connectivity index (χ1n) is 4.97. The SMILES string of the molecule is C1=C/C=C/C/C=C\C=C\C/C=C/C=C1. The highest BCUT2D eigenvalue weighted by Crippen LogP contribution is 1.92. The standard InChI is InChI=1S/C14H16/c1-2-4-6-8-10-12-14-13-11-9-7-5-3-1/h1-8,11-14H,9-10H2/b3-1?,4-2?,7-5+,8-6+,13-11-,14-12+. The highest BCUT2D eigenvalue weighted by Gasteiger charge is 1.71. The van der Waals surface area contributed by atoms with Crippen molar-refractivity contribution in [2.75, 3.05) is 0 Å². The third-order valence-electron chi connectivity index (χ3n) is 1.76. The summed E-state index contributed by atoms with van der Waals surface area (Å²) in [5.74, 6) is 0. The van der Waals surface area contributed by atoms with E-state index < -0.39 is 0 Å². The smallest absolute Gasteiger partial charge is 0.0163 e. The van der Waals surface area contributed by atoms with E-state index in [1.807, 2.05) is 24.3 Å². The Kier molecular flexibility index (Phi) is 6.05. The third-order valence-corrected chi connectivity index (χ3v) is 1.76. The largest absolute Gasteiger partial charge is 0.0808 e. The van der Waals surface area contributed by atoms with E-state index in [0.717, 1.165) is 12.8 Å². The molecule has 0 heteroatoms. The van der Waals surface area contributed by atoms with Crippen molar-refractivity contribution in [1.29, 1.82) is 0 Å². The summed E-state index contributed by atoms with van der Waals surface area (Å²) >= 11 is 0. The molecule has 72 valence electrons. The Morgan fingerprint density at radius 2 is 0.643 bits per heavy atom. The highest BCUT2D eigenvalue weighted by atomic mass is 13.8. The van der Waals surface area contributed by atoms with Gasteiger partial charge >= 0.3 is 0 Å². The Labute approximate surface area is 86.3 Å². The van der Waals surface area contributed by atoms with E-state index >= 15 is 0 Å². The first-order chi connectivity index (χ1) is 7.00. The summed E-state index contributed by atoms with van der Waals surface area (Å²) in [7, 11) is 0. The maximum Gasteiger partial charge on any atom is -0.0163 e. The van der Waals surface area contributed by atoms with Crippen LogP contribution in [0.15, 0.2) is 72.9 Å². The average Bonchev–Trinajstić information content (AvgIpc) is 2.22. The van der Waals surface area contributed by atoms with Gasteiger partial charge in [-0.25, -0.2) is 0 Å². The van der Waals surface area contributed by atoms with Gasteiger partial charge < -0.3 is 0 Å². The van der Waals surface area contributed by atoms with Crippen molar-refractivity contribution in [1.82, 2.24) is 0 Å². The van der Waals surface area contributed by atoms with Gasteiger partial charge in [0.2, 0.25) is 0 Å². The lowest BCUT2D eigenvalue weighted by Crippen LogP contribution is -1.61. The van der Waals surface area contributed by atoms with Crippen molar-refractivity contribution in [3.05, 3.63) is 72.9 Å². The first-order valence-corrected chi connectivity index (χ1v) is 4.97. The second kappa shape index (κ2) is 8.06. The molecular weight excluding hydrogens is 168 g/mol. The molecule has 0 spiro atoms. The topological polar surface area (TPSA) is 0 Å². The van der Waals surface area contributed by atoms with E-state index in [-0.39, 0.29) is 0 Å². The molecule has 14 heavy (non-hydrogen) atoms. The molecule has 0 saturated carbocycles. The fraction of sp³-hybridized carbons (Fsp3) is 0.143. The molecule has 0 heterocycles. The molecule has 0 radical (unpaired) electrons. The van der Waals surface area contributed by atoms with Gasteiger partial charge in [0.1, 0.15) is 0 Å². The van der Waals surface area contributed by atoms with E-state index in [4.69, 9.17) is 0 Å². The summed E-state index contributed by atoms with van der Waals surface area (Å²) < 4.78 is 0. The van der Waals surface area contributed by atoms with Gasteiger partial charge in [0.05, 0.1) is 0 Å². The zero-order chi connectivity index (χ0) is 9.90. The molecule has 0 amide bonds. The normalized spacial score (nSPS) is 26.3.